The first-order valence-corrected chi connectivity index (χ1v) is 8.78. The third-order valence-corrected chi connectivity index (χ3v) is 5.88. The Morgan fingerprint density at radius 2 is 2.19 bits per heavy atom. The fraction of sp³-hybridized carbons (Fsp3) is 0.500. The van der Waals surface area contributed by atoms with Crippen LogP contribution in [-0.2, 0) is 9.84 Å². The summed E-state index contributed by atoms with van der Waals surface area (Å²) in [5, 5.41) is 5.41. The Hall–Kier alpha value is -1.76. The molecule has 7 heteroatoms. The maximum Gasteiger partial charge on any atom is 0.253 e. The fourth-order valence-corrected chi connectivity index (χ4v) is 4.24. The smallest absolute Gasteiger partial charge is 0.253 e. The van der Waals surface area contributed by atoms with Crippen LogP contribution in [0.4, 0.5) is 11.4 Å². The van der Waals surface area contributed by atoms with Gasteiger partial charge in [0, 0.05) is 24.5 Å². The van der Waals surface area contributed by atoms with Gasteiger partial charge in [-0.15, -0.1) is 0 Å². The van der Waals surface area contributed by atoms with Gasteiger partial charge >= 0.3 is 0 Å². The highest BCUT2D eigenvalue weighted by molar-refractivity contribution is 7.92. The Bertz CT molecular complexity index is 628. The normalized spacial score (nSPS) is 20.1. The highest BCUT2D eigenvalue weighted by Gasteiger charge is 2.31. The van der Waals surface area contributed by atoms with Crippen LogP contribution in [0.1, 0.15) is 30.1 Å². The number of sulfone groups is 1. The number of carbonyl (C=O) groups is 1. The van der Waals surface area contributed by atoms with Gasteiger partial charge in [-0.25, -0.2) is 8.42 Å². The van der Waals surface area contributed by atoms with Crippen molar-refractivity contribution in [2.45, 2.75) is 25.0 Å². The third kappa shape index (κ3) is 3.66. The Morgan fingerprint density at radius 3 is 2.81 bits per heavy atom. The maximum absolute atomic E-state index is 12.0. The summed E-state index contributed by atoms with van der Waals surface area (Å²) in [7, 11) is -3.00. The molecule has 1 aliphatic rings. The molecule has 4 N–H and O–H groups in total. The monoisotopic (exact) mass is 311 g/mol. The molecule has 1 aliphatic heterocycles. The van der Waals surface area contributed by atoms with Gasteiger partial charge in [-0.3, -0.25) is 4.79 Å². The number of hydrogen-bond acceptors (Lipinski definition) is 5. The van der Waals surface area contributed by atoms with Crippen molar-refractivity contribution in [3.63, 3.8) is 0 Å². The van der Waals surface area contributed by atoms with Crippen LogP contribution in [0.25, 0.3) is 0 Å². The number of nitrogens with two attached hydrogens (primary N) is 1. The molecular weight excluding hydrogens is 290 g/mol. The molecule has 1 fully saturated rings. The number of nitrogen functional groups attached to an aromatic ring is 1. The standard InChI is InChI=1S/C14H21N3O3S/c1-2-16-14(18)12-6-5-10(15)8-13(12)17-9-11-4-3-7-21(11,19)20/h5-6,8,11,17H,2-4,7,9,15H2,1H3,(H,16,18). The predicted molar refractivity (Wildman–Crippen MR) is 84.2 cm³/mol. The lowest BCUT2D eigenvalue weighted by atomic mass is 10.1. The Kier molecular flexibility index (Phi) is 4.72. The van der Waals surface area contributed by atoms with E-state index in [0.717, 1.165) is 0 Å². The van der Waals surface area contributed by atoms with E-state index < -0.39 is 9.84 Å². The number of nitrogens with one attached hydrogen (secondary N) is 2. The summed E-state index contributed by atoms with van der Waals surface area (Å²) in [5.41, 5.74) is 7.32. The minimum atomic E-state index is -3.00. The average Bonchev–Trinajstić information content (AvgIpc) is 2.75. The van der Waals surface area contributed by atoms with E-state index in [-0.39, 0.29) is 16.9 Å². The average molecular weight is 311 g/mol. The third-order valence-electron chi connectivity index (χ3n) is 3.61. The molecule has 6 nitrogen and oxygen atoms in total. The number of anilines is 2. The minimum absolute atomic E-state index is 0.200. The van der Waals surface area contributed by atoms with Crippen molar-refractivity contribution < 1.29 is 13.2 Å². The second kappa shape index (κ2) is 6.34. The molecule has 0 aromatic heterocycles. The molecule has 2 rings (SSSR count). The van der Waals surface area contributed by atoms with E-state index in [2.05, 4.69) is 10.6 Å². The van der Waals surface area contributed by atoms with Crippen molar-refractivity contribution in [3.05, 3.63) is 23.8 Å². The molecule has 0 spiro atoms. The Morgan fingerprint density at radius 1 is 1.43 bits per heavy atom. The summed E-state index contributed by atoms with van der Waals surface area (Å²) in [5.74, 6) is 0.0497. The van der Waals surface area contributed by atoms with Gasteiger partial charge in [0.25, 0.3) is 5.91 Å². The number of amides is 1. The zero-order valence-electron chi connectivity index (χ0n) is 12.1. The SMILES string of the molecule is CCNC(=O)c1ccc(N)cc1NCC1CCCS1(=O)=O. The van der Waals surface area contributed by atoms with E-state index in [1.165, 1.54) is 0 Å². The molecule has 1 heterocycles. The summed E-state index contributed by atoms with van der Waals surface area (Å²) >= 11 is 0. The highest BCUT2D eigenvalue weighted by atomic mass is 32.2. The van der Waals surface area contributed by atoms with Crippen LogP contribution in [0.2, 0.25) is 0 Å². The van der Waals surface area contributed by atoms with Crippen molar-refractivity contribution in [2.75, 3.05) is 29.9 Å². The van der Waals surface area contributed by atoms with Gasteiger partial charge in [-0.1, -0.05) is 0 Å². The van der Waals surface area contributed by atoms with Gasteiger partial charge in [0.15, 0.2) is 9.84 Å². The second-order valence-corrected chi connectivity index (χ2v) is 7.58. The summed E-state index contributed by atoms with van der Waals surface area (Å²) in [4.78, 5) is 12.0. The summed E-state index contributed by atoms with van der Waals surface area (Å²) in [6, 6.07) is 4.96. The van der Waals surface area contributed by atoms with Crippen molar-refractivity contribution in [1.82, 2.24) is 5.32 Å². The van der Waals surface area contributed by atoms with Gasteiger partial charge in [-0.05, 0) is 38.0 Å². The zero-order chi connectivity index (χ0) is 15.5. The first-order valence-electron chi connectivity index (χ1n) is 7.07. The van der Waals surface area contributed by atoms with Crippen LogP contribution in [-0.4, -0.2) is 38.4 Å². The zero-order valence-corrected chi connectivity index (χ0v) is 12.9. The van der Waals surface area contributed by atoms with Gasteiger partial charge in [0.2, 0.25) is 0 Å². The second-order valence-electron chi connectivity index (χ2n) is 5.18. The number of carbonyl (C=O) groups excluding carboxylic acids is 1. The largest absolute Gasteiger partial charge is 0.399 e. The maximum atomic E-state index is 12.0. The van der Waals surface area contributed by atoms with E-state index >= 15 is 0 Å². The molecule has 1 atom stereocenters. The molecule has 1 unspecified atom stereocenters. The van der Waals surface area contributed by atoms with Gasteiger partial charge in [-0.2, -0.15) is 0 Å². The van der Waals surface area contributed by atoms with Gasteiger partial charge in [0.05, 0.1) is 16.6 Å². The Labute approximate surface area is 125 Å². The van der Waals surface area contributed by atoms with E-state index in [1.807, 2.05) is 6.92 Å². The lowest BCUT2D eigenvalue weighted by molar-refractivity contribution is 0.0956. The lowest BCUT2D eigenvalue weighted by Crippen LogP contribution is -2.27. The molecule has 1 aromatic rings. The molecule has 116 valence electrons. The first kappa shape index (κ1) is 15.6. The van der Waals surface area contributed by atoms with Crippen LogP contribution >= 0.6 is 0 Å². The molecule has 0 saturated carbocycles. The molecule has 0 aliphatic carbocycles. The van der Waals surface area contributed by atoms with E-state index in [9.17, 15) is 13.2 Å². The molecule has 0 radical (unpaired) electrons. The van der Waals surface area contributed by atoms with Gasteiger partial charge < -0.3 is 16.4 Å². The molecule has 1 aromatic carbocycles. The molecule has 1 amide bonds. The van der Waals surface area contributed by atoms with E-state index in [1.54, 1.807) is 18.2 Å². The lowest BCUT2D eigenvalue weighted by Gasteiger charge is -2.15. The molecule has 1 saturated heterocycles. The van der Waals surface area contributed by atoms with Crippen LogP contribution < -0.4 is 16.4 Å². The minimum Gasteiger partial charge on any atom is -0.399 e. The molecule has 21 heavy (non-hydrogen) atoms. The van der Waals surface area contributed by atoms with Crippen LogP contribution in [0.5, 0.6) is 0 Å². The number of rotatable bonds is 5. The fourth-order valence-electron chi connectivity index (χ4n) is 2.47. The Balaban J connectivity index is 2.15. The van der Waals surface area contributed by atoms with Crippen molar-refractivity contribution >= 4 is 27.1 Å². The summed E-state index contributed by atoms with van der Waals surface area (Å²) in [6.45, 7) is 2.67. The van der Waals surface area contributed by atoms with Crippen LogP contribution in [0.3, 0.4) is 0 Å². The summed E-state index contributed by atoms with van der Waals surface area (Å²) < 4.78 is 23.7. The topological polar surface area (TPSA) is 101 Å². The predicted octanol–water partition coefficient (Wildman–Crippen LogP) is 1.01. The van der Waals surface area contributed by atoms with Crippen molar-refractivity contribution in [3.8, 4) is 0 Å². The van der Waals surface area contributed by atoms with Crippen LogP contribution in [0.15, 0.2) is 18.2 Å². The van der Waals surface area contributed by atoms with Crippen molar-refractivity contribution in [1.29, 1.82) is 0 Å². The number of hydrogen-bond donors (Lipinski definition) is 3. The quantitative estimate of drug-likeness (QED) is 0.704. The van der Waals surface area contributed by atoms with E-state index in [4.69, 9.17) is 5.73 Å². The van der Waals surface area contributed by atoms with E-state index in [0.29, 0.717) is 42.9 Å². The van der Waals surface area contributed by atoms with Crippen molar-refractivity contribution in [2.24, 2.45) is 0 Å². The molecule has 0 bridgehead atoms. The van der Waals surface area contributed by atoms with Gasteiger partial charge in [0.1, 0.15) is 0 Å². The highest BCUT2D eigenvalue weighted by Crippen LogP contribution is 2.23. The summed E-state index contributed by atoms with van der Waals surface area (Å²) in [6.07, 6.45) is 1.36. The first-order chi connectivity index (χ1) is 9.94. The number of benzene rings is 1. The van der Waals surface area contributed by atoms with Crippen LogP contribution in [0, 0.1) is 0 Å². The molecular formula is C14H21N3O3S.